The highest BCUT2D eigenvalue weighted by Gasteiger charge is 2.31. The number of amides is 1. The van der Waals surface area contributed by atoms with E-state index in [0.29, 0.717) is 19.6 Å². The van der Waals surface area contributed by atoms with Crippen LogP contribution in [0.15, 0.2) is 18.7 Å². The SMILES string of the molecule is CCS(=O)(=O)N1CCC[C@@H](C(=O)NCCCn2ccnc2)C1. The lowest BCUT2D eigenvalue weighted by Gasteiger charge is -2.30. The van der Waals surface area contributed by atoms with Gasteiger partial charge in [-0.05, 0) is 26.2 Å². The van der Waals surface area contributed by atoms with Gasteiger partial charge in [0.05, 0.1) is 18.0 Å². The number of aryl methyl sites for hydroxylation is 1. The van der Waals surface area contributed by atoms with Crippen molar-refractivity contribution in [3.8, 4) is 0 Å². The number of aromatic nitrogens is 2. The molecule has 0 radical (unpaired) electrons. The van der Waals surface area contributed by atoms with Gasteiger partial charge in [-0.25, -0.2) is 17.7 Å². The number of sulfonamides is 1. The topological polar surface area (TPSA) is 84.3 Å². The van der Waals surface area contributed by atoms with E-state index < -0.39 is 10.0 Å². The molecule has 0 aliphatic carbocycles. The molecule has 0 saturated carbocycles. The van der Waals surface area contributed by atoms with Crippen molar-refractivity contribution in [1.82, 2.24) is 19.2 Å². The van der Waals surface area contributed by atoms with Crippen LogP contribution in [0.2, 0.25) is 0 Å². The zero-order chi connectivity index (χ0) is 16.0. The number of hydrogen-bond acceptors (Lipinski definition) is 4. The third kappa shape index (κ3) is 4.54. The Bertz CT molecular complexity index is 571. The fourth-order valence-electron chi connectivity index (χ4n) is 2.63. The molecule has 1 fully saturated rings. The molecule has 0 unspecified atom stereocenters. The fourth-order valence-corrected chi connectivity index (χ4v) is 3.81. The van der Waals surface area contributed by atoms with Gasteiger partial charge in [0, 0.05) is 38.6 Å². The summed E-state index contributed by atoms with van der Waals surface area (Å²) in [5.41, 5.74) is 0. The van der Waals surface area contributed by atoms with Gasteiger partial charge in [0.1, 0.15) is 0 Å². The first-order valence-electron chi connectivity index (χ1n) is 7.74. The first-order chi connectivity index (χ1) is 10.5. The summed E-state index contributed by atoms with van der Waals surface area (Å²) in [6.07, 6.45) is 7.68. The van der Waals surface area contributed by atoms with Gasteiger partial charge in [-0.15, -0.1) is 0 Å². The van der Waals surface area contributed by atoms with Crippen LogP contribution in [0.3, 0.4) is 0 Å². The molecule has 1 aromatic rings. The van der Waals surface area contributed by atoms with Gasteiger partial charge < -0.3 is 9.88 Å². The fraction of sp³-hybridized carbons (Fsp3) is 0.714. The van der Waals surface area contributed by atoms with E-state index in [4.69, 9.17) is 0 Å². The van der Waals surface area contributed by atoms with Crippen molar-refractivity contribution in [2.75, 3.05) is 25.4 Å². The molecule has 1 N–H and O–H groups in total. The number of piperidine rings is 1. The van der Waals surface area contributed by atoms with Gasteiger partial charge in [-0.3, -0.25) is 4.79 Å². The molecule has 22 heavy (non-hydrogen) atoms. The Labute approximate surface area is 131 Å². The predicted molar refractivity (Wildman–Crippen MR) is 83.6 cm³/mol. The van der Waals surface area contributed by atoms with Crippen LogP contribution in [0, 0.1) is 5.92 Å². The molecular formula is C14H24N4O3S. The number of hydrogen-bond donors (Lipinski definition) is 1. The number of nitrogens with one attached hydrogen (secondary N) is 1. The Morgan fingerprint density at radius 1 is 1.45 bits per heavy atom. The van der Waals surface area contributed by atoms with E-state index in [1.165, 1.54) is 4.31 Å². The molecular weight excluding hydrogens is 304 g/mol. The normalized spacial score (nSPS) is 20.0. The van der Waals surface area contributed by atoms with Crippen molar-refractivity contribution in [1.29, 1.82) is 0 Å². The van der Waals surface area contributed by atoms with Gasteiger partial charge in [0.2, 0.25) is 15.9 Å². The second kappa shape index (κ2) is 7.73. The minimum Gasteiger partial charge on any atom is -0.356 e. The van der Waals surface area contributed by atoms with Crippen molar-refractivity contribution < 1.29 is 13.2 Å². The summed E-state index contributed by atoms with van der Waals surface area (Å²) < 4.78 is 27.2. The number of nitrogens with zero attached hydrogens (tertiary/aromatic N) is 3. The third-order valence-electron chi connectivity index (χ3n) is 3.96. The van der Waals surface area contributed by atoms with Crippen molar-refractivity contribution in [3.05, 3.63) is 18.7 Å². The molecule has 0 bridgehead atoms. The molecule has 1 amide bonds. The lowest BCUT2D eigenvalue weighted by atomic mass is 9.99. The van der Waals surface area contributed by atoms with Crippen LogP contribution in [0.25, 0.3) is 0 Å². The Morgan fingerprint density at radius 3 is 2.95 bits per heavy atom. The molecule has 1 atom stereocenters. The first-order valence-corrected chi connectivity index (χ1v) is 9.35. The molecule has 0 spiro atoms. The monoisotopic (exact) mass is 328 g/mol. The van der Waals surface area contributed by atoms with E-state index in [1.54, 1.807) is 19.4 Å². The van der Waals surface area contributed by atoms with Gasteiger partial charge in [-0.2, -0.15) is 0 Å². The Kier molecular flexibility index (Phi) is 5.96. The van der Waals surface area contributed by atoms with Crippen LogP contribution in [-0.4, -0.2) is 53.6 Å². The maximum atomic E-state index is 12.2. The highest BCUT2D eigenvalue weighted by molar-refractivity contribution is 7.89. The largest absolute Gasteiger partial charge is 0.356 e. The van der Waals surface area contributed by atoms with Crippen LogP contribution in [0.4, 0.5) is 0 Å². The maximum absolute atomic E-state index is 12.2. The van der Waals surface area contributed by atoms with Gasteiger partial charge in [-0.1, -0.05) is 0 Å². The molecule has 2 heterocycles. The van der Waals surface area contributed by atoms with E-state index in [-0.39, 0.29) is 17.6 Å². The van der Waals surface area contributed by atoms with Crippen molar-refractivity contribution >= 4 is 15.9 Å². The number of carbonyl (C=O) groups excluding carboxylic acids is 1. The lowest BCUT2D eigenvalue weighted by molar-refractivity contribution is -0.126. The van der Waals surface area contributed by atoms with Crippen molar-refractivity contribution in [3.63, 3.8) is 0 Å². The smallest absolute Gasteiger partial charge is 0.224 e. The van der Waals surface area contributed by atoms with Crippen molar-refractivity contribution in [2.45, 2.75) is 32.7 Å². The summed E-state index contributed by atoms with van der Waals surface area (Å²) >= 11 is 0. The molecule has 1 aromatic heterocycles. The Morgan fingerprint density at radius 2 is 2.27 bits per heavy atom. The molecule has 124 valence electrons. The van der Waals surface area contributed by atoms with Crippen LogP contribution in [-0.2, 0) is 21.4 Å². The average molecular weight is 328 g/mol. The lowest BCUT2D eigenvalue weighted by Crippen LogP contribution is -2.46. The predicted octanol–water partition coefficient (Wildman–Crippen LogP) is 0.451. The molecule has 0 aromatic carbocycles. The quantitative estimate of drug-likeness (QED) is 0.737. The van der Waals surface area contributed by atoms with Crippen LogP contribution >= 0.6 is 0 Å². The molecule has 1 aliphatic heterocycles. The summed E-state index contributed by atoms with van der Waals surface area (Å²) in [5, 5.41) is 2.91. The number of carbonyl (C=O) groups is 1. The zero-order valence-corrected chi connectivity index (χ0v) is 13.8. The number of rotatable bonds is 7. The average Bonchev–Trinajstić information content (AvgIpc) is 3.05. The van der Waals surface area contributed by atoms with Crippen LogP contribution < -0.4 is 5.32 Å². The summed E-state index contributed by atoms with van der Waals surface area (Å²) in [6.45, 7) is 3.87. The second-order valence-electron chi connectivity index (χ2n) is 5.54. The number of imidazole rings is 1. The maximum Gasteiger partial charge on any atom is 0.224 e. The van der Waals surface area contributed by atoms with E-state index in [0.717, 1.165) is 25.8 Å². The second-order valence-corrected chi connectivity index (χ2v) is 7.80. The van der Waals surface area contributed by atoms with Crippen LogP contribution in [0.5, 0.6) is 0 Å². The Hall–Kier alpha value is -1.41. The van der Waals surface area contributed by atoms with Gasteiger partial charge in [0.25, 0.3) is 0 Å². The van der Waals surface area contributed by atoms with E-state index in [1.807, 2.05) is 10.8 Å². The third-order valence-corrected chi connectivity index (χ3v) is 5.81. The van der Waals surface area contributed by atoms with Crippen LogP contribution in [0.1, 0.15) is 26.2 Å². The molecule has 8 heteroatoms. The Balaban J connectivity index is 1.74. The summed E-state index contributed by atoms with van der Waals surface area (Å²) in [7, 11) is -3.20. The van der Waals surface area contributed by atoms with Gasteiger partial charge in [0.15, 0.2) is 0 Å². The van der Waals surface area contributed by atoms with Crippen molar-refractivity contribution in [2.24, 2.45) is 5.92 Å². The van der Waals surface area contributed by atoms with Gasteiger partial charge >= 0.3 is 0 Å². The zero-order valence-electron chi connectivity index (χ0n) is 12.9. The molecule has 7 nitrogen and oxygen atoms in total. The first kappa shape index (κ1) is 17.0. The highest BCUT2D eigenvalue weighted by atomic mass is 32.2. The van der Waals surface area contributed by atoms with E-state index >= 15 is 0 Å². The van der Waals surface area contributed by atoms with E-state index in [9.17, 15) is 13.2 Å². The minimum atomic E-state index is -3.20. The van der Waals surface area contributed by atoms with E-state index in [2.05, 4.69) is 10.3 Å². The minimum absolute atomic E-state index is 0.0402. The summed E-state index contributed by atoms with van der Waals surface area (Å²) in [5.74, 6) is -0.184. The highest BCUT2D eigenvalue weighted by Crippen LogP contribution is 2.19. The molecule has 1 aliphatic rings. The summed E-state index contributed by atoms with van der Waals surface area (Å²) in [6, 6.07) is 0. The molecule has 1 saturated heterocycles. The molecule has 2 rings (SSSR count). The standard InChI is InChI=1S/C14H24N4O3S/c1-2-22(20,21)18-9-3-5-13(11-18)14(19)16-6-4-8-17-10-7-15-12-17/h7,10,12-13H,2-6,8-9,11H2,1H3,(H,16,19)/t13-/m1/s1. The summed E-state index contributed by atoms with van der Waals surface area (Å²) in [4.78, 5) is 16.1.